The first-order valence-electron chi connectivity index (χ1n) is 6.27. The molecule has 0 amide bonds. The Morgan fingerprint density at radius 1 is 0.733 bits per heavy atom. The summed E-state index contributed by atoms with van der Waals surface area (Å²) >= 11 is 0. The molecule has 0 rings (SSSR count). The molecule has 3 heteroatoms. The van der Waals surface area contributed by atoms with Gasteiger partial charge in [0.1, 0.15) is 0 Å². The van der Waals surface area contributed by atoms with Crippen LogP contribution in [0.1, 0.15) is 45.4 Å². The molecule has 0 aromatic rings. The summed E-state index contributed by atoms with van der Waals surface area (Å²) < 4.78 is 10.9. The van der Waals surface area contributed by atoms with Gasteiger partial charge in [-0.3, -0.25) is 0 Å². The second kappa shape index (κ2) is 13.9. The van der Waals surface area contributed by atoms with Crippen LogP contribution in [0.3, 0.4) is 0 Å². The molecular formula is C12H27NO2. The monoisotopic (exact) mass is 217 g/mol. The Kier molecular flexibility index (Phi) is 13.8. The van der Waals surface area contributed by atoms with E-state index in [1.807, 2.05) is 0 Å². The molecule has 0 radical (unpaired) electrons. The van der Waals surface area contributed by atoms with Gasteiger partial charge in [0.05, 0.1) is 0 Å². The van der Waals surface area contributed by atoms with E-state index in [0.29, 0.717) is 0 Å². The van der Waals surface area contributed by atoms with Gasteiger partial charge < -0.3 is 15.2 Å². The second-order valence-corrected chi connectivity index (χ2v) is 3.78. The Labute approximate surface area is 94.3 Å². The van der Waals surface area contributed by atoms with Gasteiger partial charge in [-0.2, -0.15) is 0 Å². The summed E-state index contributed by atoms with van der Waals surface area (Å²) in [5.74, 6) is 0. The van der Waals surface area contributed by atoms with Gasteiger partial charge in [-0.15, -0.1) is 0 Å². The number of unbranched alkanes of at least 4 members (excludes halogenated alkanes) is 3. The fourth-order valence-corrected chi connectivity index (χ4v) is 1.21. The van der Waals surface area contributed by atoms with Crippen LogP contribution in [0.2, 0.25) is 0 Å². The highest BCUT2D eigenvalue weighted by Crippen LogP contribution is 1.95. The molecule has 92 valence electrons. The van der Waals surface area contributed by atoms with E-state index in [-0.39, 0.29) is 0 Å². The Morgan fingerprint density at radius 3 is 1.67 bits per heavy atom. The average molecular weight is 217 g/mol. The molecule has 0 aliphatic carbocycles. The molecule has 0 heterocycles. The lowest BCUT2D eigenvalue weighted by molar-refractivity contribution is 0.100. The summed E-state index contributed by atoms with van der Waals surface area (Å²) in [5, 5.41) is 0. The first kappa shape index (κ1) is 14.9. The van der Waals surface area contributed by atoms with Crippen molar-refractivity contribution in [3.63, 3.8) is 0 Å². The van der Waals surface area contributed by atoms with Crippen LogP contribution in [-0.4, -0.2) is 33.0 Å². The summed E-state index contributed by atoms with van der Waals surface area (Å²) in [6.07, 6.45) is 6.76. The van der Waals surface area contributed by atoms with Crippen molar-refractivity contribution in [2.75, 3.05) is 33.0 Å². The molecule has 2 N–H and O–H groups in total. The smallest absolute Gasteiger partial charge is 0.0466 e. The maximum atomic E-state index is 5.45. The van der Waals surface area contributed by atoms with Crippen molar-refractivity contribution < 1.29 is 9.47 Å². The summed E-state index contributed by atoms with van der Waals surface area (Å²) in [4.78, 5) is 0. The minimum Gasteiger partial charge on any atom is -0.381 e. The number of hydrogen-bond acceptors (Lipinski definition) is 3. The molecule has 0 saturated heterocycles. The lowest BCUT2D eigenvalue weighted by Gasteiger charge is -2.04. The van der Waals surface area contributed by atoms with Gasteiger partial charge in [-0.05, 0) is 38.6 Å². The number of ether oxygens (including phenoxy) is 2. The predicted octanol–water partition coefficient (Wildman–Crippen LogP) is 2.34. The van der Waals surface area contributed by atoms with Crippen molar-refractivity contribution in [2.24, 2.45) is 5.73 Å². The zero-order valence-corrected chi connectivity index (χ0v) is 10.2. The van der Waals surface area contributed by atoms with E-state index in [9.17, 15) is 0 Å². The van der Waals surface area contributed by atoms with Crippen LogP contribution in [0.15, 0.2) is 0 Å². The maximum absolute atomic E-state index is 5.45. The SMILES string of the molecule is CCCCOCCCCOCCCCN. The Bertz CT molecular complexity index is 97.8. The van der Waals surface area contributed by atoms with Crippen LogP contribution in [-0.2, 0) is 9.47 Å². The van der Waals surface area contributed by atoms with Crippen LogP contribution >= 0.6 is 0 Å². The minimum absolute atomic E-state index is 0.772. The van der Waals surface area contributed by atoms with Crippen LogP contribution in [0.4, 0.5) is 0 Å². The quantitative estimate of drug-likeness (QED) is 0.510. The van der Waals surface area contributed by atoms with E-state index in [1.54, 1.807) is 0 Å². The molecule has 0 aromatic carbocycles. The average Bonchev–Trinajstić information content (AvgIpc) is 2.26. The van der Waals surface area contributed by atoms with Crippen molar-refractivity contribution in [3.05, 3.63) is 0 Å². The largest absolute Gasteiger partial charge is 0.381 e. The normalized spacial score (nSPS) is 10.8. The van der Waals surface area contributed by atoms with Gasteiger partial charge in [0.25, 0.3) is 0 Å². The molecule has 0 aliphatic heterocycles. The molecule has 0 fully saturated rings. The van der Waals surface area contributed by atoms with Crippen LogP contribution in [0.5, 0.6) is 0 Å². The summed E-state index contributed by atoms with van der Waals surface area (Å²) in [7, 11) is 0. The van der Waals surface area contributed by atoms with Gasteiger partial charge in [-0.25, -0.2) is 0 Å². The predicted molar refractivity (Wildman–Crippen MR) is 64.1 cm³/mol. The molecular weight excluding hydrogens is 190 g/mol. The van der Waals surface area contributed by atoms with E-state index in [0.717, 1.165) is 58.7 Å². The molecule has 0 saturated carbocycles. The summed E-state index contributed by atoms with van der Waals surface area (Å²) in [6, 6.07) is 0. The third-order valence-electron chi connectivity index (χ3n) is 2.21. The third kappa shape index (κ3) is 13.9. The number of rotatable bonds is 12. The summed E-state index contributed by atoms with van der Waals surface area (Å²) in [5.41, 5.74) is 5.38. The van der Waals surface area contributed by atoms with Gasteiger partial charge in [0.15, 0.2) is 0 Å². The Balaban J connectivity index is 2.81. The third-order valence-corrected chi connectivity index (χ3v) is 2.21. The molecule has 0 unspecified atom stereocenters. The Morgan fingerprint density at radius 2 is 1.20 bits per heavy atom. The van der Waals surface area contributed by atoms with Crippen molar-refractivity contribution in [2.45, 2.75) is 45.4 Å². The van der Waals surface area contributed by atoms with Crippen molar-refractivity contribution in [1.29, 1.82) is 0 Å². The van der Waals surface area contributed by atoms with Crippen LogP contribution < -0.4 is 5.73 Å². The van der Waals surface area contributed by atoms with Gasteiger partial charge in [-0.1, -0.05) is 13.3 Å². The zero-order valence-electron chi connectivity index (χ0n) is 10.2. The minimum atomic E-state index is 0.772. The van der Waals surface area contributed by atoms with Gasteiger partial charge >= 0.3 is 0 Å². The molecule has 0 spiro atoms. The molecule has 0 aliphatic rings. The second-order valence-electron chi connectivity index (χ2n) is 3.78. The molecule has 0 aromatic heterocycles. The molecule has 3 nitrogen and oxygen atoms in total. The topological polar surface area (TPSA) is 44.5 Å². The van der Waals surface area contributed by atoms with E-state index in [2.05, 4.69) is 6.92 Å². The molecule has 15 heavy (non-hydrogen) atoms. The first-order chi connectivity index (χ1) is 7.41. The fraction of sp³-hybridized carbons (Fsp3) is 1.00. The highest BCUT2D eigenvalue weighted by molar-refractivity contribution is 4.42. The highest BCUT2D eigenvalue weighted by Gasteiger charge is 1.91. The van der Waals surface area contributed by atoms with Gasteiger partial charge in [0, 0.05) is 26.4 Å². The Hall–Kier alpha value is -0.120. The van der Waals surface area contributed by atoms with E-state index >= 15 is 0 Å². The van der Waals surface area contributed by atoms with Crippen LogP contribution in [0, 0.1) is 0 Å². The fourth-order valence-electron chi connectivity index (χ4n) is 1.21. The lowest BCUT2D eigenvalue weighted by Crippen LogP contribution is -2.03. The molecule has 0 bridgehead atoms. The van der Waals surface area contributed by atoms with E-state index in [4.69, 9.17) is 15.2 Å². The van der Waals surface area contributed by atoms with E-state index < -0.39 is 0 Å². The van der Waals surface area contributed by atoms with Gasteiger partial charge in [0.2, 0.25) is 0 Å². The first-order valence-corrected chi connectivity index (χ1v) is 6.27. The lowest BCUT2D eigenvalue weighted by atomic mass is 10.3. The molecule has 0 atom stereocenters. The maximum Gasteiger partial charge on any atom is 0.0466 e. The number of hydrogen-bond donors (Lipinski definition) is 1. The van der Waals surface area contributed by atoms with Crippen LogP contribution in [0.25, 0.3) is 0 Å². The van der Waals surface area contributed by atoms with Crippen molar-refractivity contribution in [3.8, 4) is 0 Å². The van der Waals surface area contributed by atoms with Crippen molar-refractivity contribution >= 4 is 0 Å². The zero-order chi connectivity index (χ0) is 11.2. The number of nitrogens with two attached hydrogens (primary N) is 1. The van der Waals surface area contributed by atoms with Crippen molar-refractivity contribution in [1.82, 2.24) is 0 Å². The summed E-state index contributed by atoms with van der Waals surface area (Å²) in [6.45, 7) is 6.46. The van der Waals surface area contributed by atoms with E-state index in [1.165, 1.54) is 12.8 Å². The standard InChI is InChI=1S/C12H27NO2/c1-2-3-9-14-11-6-7-12-15-10-5-4-8-13/h2-13H2,1H3. The highest BCUT2D eigenvalue weighted by atomic mass is 16.5.